The minimum absolute atomic E-state index is 0.0525. The molecule has 3 heteroatoms. The van der Waals surface area contributed by atoms with Crippen LogP contribution >= 0.6 is 11.6 Å². The molecule has 0 saturated heterocycles. The van der Waals surface area contributed by atoms with Gasteiger partial charge < -0.3 is 4.74 Å². The first kappa shape index (κ1) is 25.6. The van der Waals surface area contributed by atoms with Crippen molar-refractivity contribution in [1.29, 1.82) is 0 Å². The smallest absolute Gasteiger partial charge is 0.302 e. The van der Waals surface area contributed by atoms with Gasteiger partial charge in [-0.2, -0.15) is 0 Å². The highest BCUT2D eigenvalue weighted by atomic mass is 35.5. The van der Waals surface area contributed by atoms with Gasteiger partial charge in [0.1, 0.15) is 6.10 Å². The number of halogens is 1. The largest absolute Gasteiger partial charge is 0.462 e. The van der Waals surface area contributed by atoms with Crippen molar-refractivity contribution in [3.8, 4) is 0 Å². The highest BCUT2D eigenvalue weighted by molar-refractivity contribution is 6.19. The minimum Gasteiger partial charge on any atom is -0.462 e. The SMILES string of the molecule is CC(=O)O[C@H]1CC[C@@]2(C)C(=C(CCl)C[C@H]3[C@@H]4CC[C@H]([C@H](C)CCCC(C)C)[C@@]4(C)CC[C@@H]32)C1. The highest BCUT2D eigenvalue weighted by Gasteiger charge is 2.60. The van der Waals surface area contributed by atoms with Gasteiger partial charge in [-0.25, -0.2) is 0 Å². The zero-order valence-electron chi connectivity index (χ0n) is 22.2. The summed E-state index contributed by atoms with van der Waals surface area (Å²) in [5.41, 5.74) is 3.83. The maximum Gasteiger partial charge on any atom is 0.302 e. The third-order valence-corrected chi connectivity index (χ3v) is 11.3. The van der Waals surface area contributed by atoms with Crippen LogP contribution in [0.25, 0.3) is 0 Å². The first-order chi connectivity index (χ1) is 15.6. The number of ether oxygens (including phenoxy) is 1. The van der Waals surface area contributed by atoms with Crippen LogP contribution in [-0.2, 0) is 9.53 Å². The van der Waals surface area contributed by atoms with Gasteiger partial charge >= 0.3 is 5.97 Å². The molecule has 0 aromatic rings. The minimum atomic E-state index is -0.141. The zero-order chi connectivity index (χ0) is 24.0. The summed E-state index contributed by atoms with van der Waals surface area (Å²) in [6.07, 6.45) is 14.1. The summed E-state index contributed by atoms with van der Waals surface area (Å²) in [5.74, 6) is 5.53. The van der Waals surface area contributed by atoms with E-state index in [4.69, 9.17) is 16.3 Å². The van der Waals surface area contributed by atoms with Crippen molar-refractivity contribution >= 4 is 17.6 Å². The highest BCUT2D eigenvalue weighted by Crippen LogP contribution is 2.68. The van der Waals surface area contributed by atoms with Gasteiger partial charge in [-0.3, -0.25) is 4.79 Å². The molecular weight excluding hydrogens is 428 g/mol. The molecule has 8 atom stereocenters. The average molecular weight is 477 g/mol. The second-order valence-corrected chi connectivity index (χ2v) is 13.5. The zero-order valence-corrected chi connectivity index (χ0v) is 23.0. The monoisotopic (exact) mass is 476 g/mol. The van der Waals surface area contributed by atoms with Crippen molar-refractivity contribution in [3.63, 3.8) is 0 Å². The van der Waals surface area contributed by atoms with Crippen molar-refractivity contribution in [3.05, 3.63) is 11.1 Å². The first-order valence-corrected chi connectivity index (χ1v) is 14.6. The Morgan fingerprint density at radius 1 is 1.03 bits per heavy atom. The lowest BCUT2D eigenvalue weighted by molar-refractivity contribution is -0.148. The van der Waals surface area contributed by atoms with E-state index in [1.807, 2.05) is 0 Å². The first-order valence-electron chi connectivity index (χ1n) is 14.0. The van der Waals surface area contributed by atoms with E-state index in [9.17, 15) is 4.79 Å². The fourth-order valence-electron chi connectivity index (χ4n) is 9.40. The molecule has 0 radical (unpaired) electrons. The lowest BCUT2D eigenvalue weighted by Gasteiger charge is -2.59. The van der Waals surface area contributed by atoms with E-state index in [0.29, 0.717) is 11.3 Å². The topological polar surface area (TPSA) is 26.3 Å². The Morgan fingerprint density at radius 3 is 2.45 bits per heavy atom. The van der Waals surface area contributed by atoms with Crippen LogP contribution < -0.4 is 0 Å². The molecule has 188 valence electrons. The molecule has 33 heavy (non-hydrogen) atoms. The van der Waals surface area contributed by atoms with Crippen molar-refractivity contribution in [2.45, 2.75) is 118 Å². The Morgan fingerprint density at radius 2 is 1.79 bits per heavy atom. The number of carbonyl (C=O) groups is 1. The summed E-state index contributed by atoms with van der Waals surface area (Å²) in [6.45, 7) is 14.0. The second-order valence-electron chi connectivity index (χ2n) is 13.2. The van der Waals surface area contributed by atoms with Crippen molar-refractivity contribution in [2.75, 3.05) is 5.88 Å². The van der Waals surface area contributed by atoms with Crippen molar-refractivity contribution in [2.24, 2.45) is 46.3 Å². The van der Waals surface area contributed by atoms with Gasteiger partial charge in [0, 0.05) is 19.2 Å². The molecule has 0 unspecified atom stereocenters. The second kappa shape index (κ2) is 9.87. The number of esters is 1. The van der Waals surface area contributed by atoms with E-state index in [0.717, 1.165) is 54.8 Å². The fraction of sp³-hybridized carbons (Fsp3) is 0.900. The van der Waals surface area contributed by atoms with Gasteiger partial charge in [-0.1, -0.05) is 65.0 Å². The van der Waals surface area contributed by atoms with Crippen LogP contribution in [0.15, 0.2) is 11.1 Å². The van der Waals surface area contributed by atoms with Crippen LogP contribution in [0.4, 0.5) is 0 Å². The van der Waals surface area contributed by atoms with Gasteiger partial charge in [0.05, 0.1) is 0 Å². The Bertz CT molecular complexity index is 756. The standard InChI is InChI=1S/C30H49ClO2/c1-19(2)8-7-9-20(3)25-10-11-26-24-16-22(18-31)28-17-23(33-21(4)32)12-14-30(28,6)27(24)13-15-29(25,26)5/h19-20,23-27H,7-18H2,1-6H3/t20-,23+,24+,25-,26+,27+,29-,30-/m1/s1. The predicted octanol–water partition coefficient (Wildman–Crippen LogP) is 8.57. The summed E-state index contributed by atoms with van der Waals surface area (Å²) in [5, 5.41) is 0. The molecule has 0 spiro atoms. The number of hydrogen-bond donors (Lipinski definition) is 0. The molecule has 0 aromatic carbocycles. The maximum absolute atomic E-state index is 11.6. The normalized spacial score (nSPS) is 41.4. The Labute approximate surface area is 208 Å². The van der Waals surface area contributed by atoms with Crippen LogP contribution in [-0.4, -0.2) is 18.0 Å². The summed E-state index contributed by atoms with van der Waals surface area (Å²) in [6, 6.07) is 0. The van der Waals surface area contributed by atoms with E-state index in [1.54, 1.807) is 12.5 Å². The molecule has 4 rings (SSSR count). The Kier molecular flexibility index (Phi) is 7.65. The van der Waals surface area contributed by atoms with Crippen LogP contribution in [0.5, 0.6) is 0 Å². The third kappa shape index (κ3) is 4.68. The molecule has 3 saturated carbocycles. The van der Waals surface area contributed by atoms with Crippen LogP contribution in [0.1, 0.15) is 112 Å². The molecule has 4 aliphatic carbocycles. The summed E-state index contributed by atoms with van der Waals surface area (Å²) in [4.78, 5) is 11.6. The summed E-state index contributed by atoms with van der Waals surface area (Å²) >= 11 is 6.62. The molecule has 4 aliphatic rings. The molecule has 0 bridgehead atoms. The third-order valence-electron chi connectivity index (χ3n) is 11.0. The lowest BCUT2D eigenvalue weighted by Crippen LogP contribution is -2.52. The van der Waals surface area contributed by atoms with Gasteiger partial charge in [0.25, 0.3) is 0 Å². The fourth-order valence-corrected chi connectivity index (χ4v) is 9.67. The van der Waals surface area contributed by atoms with Crippen molar-refractivity contribution < 1.29 is 9.53 Å². The lowest BCUT2D eigenvalue weighted by atomic mass is 9.46. The maximum atomic E-state index is 11.6. The molecule has 2 nitrogen and oxygen atoms in total. The number of allylic oxidation sites excluding steroid dienone is 1. The van der Waals surface area contributed by atoms with Crippen LogP contribution in [0, 0.1) is 46.3 Å². The van der Waals surface area contributed by atoms with E-state index >= 15 is 0 Å². The average Bonchev–Trinajstić information content (AvgIpc) is 3.10. The molecule has 0 aliphatic heterocycles. The van der Waals surface area contributed by atoms with E-state index in [-0.39, 0.29) is 17.5 Å². The number of fused-ring (bicyclic) bond motifs is 5. The number of carbonyl (C=O) groups excluding carboxylic acids is 1. The van der Waals surface area contributed by atoms with Crippen LogP contribution in [0.3, 0.4) is 0 Å². The van der Waals surface area contributed by atoms with Gasteiger partial charge in [0.15, 0.2) is 0 Å². The number of rotatable bonds is 7. The van der Waals surface area contributed by atoms with Crippen LogP contribution in [0.2, 0.25) is 0 Å². The molecule has 0 aromatic heterocycles. The number of alkyl halides is 1. The number of hydrogen-bond acceptors (Lipinski definition) is 2. The molecule has 0 heterocycles. The van der Waals surface area contributed by atoms with E-state index in [2.05, 4.69) is 34.6 Å². The molecule has 0 amide bonds. The van der Waals surface area contributed by atoms with E-state index in [1.165, 1.54) is 56.9 Å². The summed E-state index contributed by atoms with van der Waals surface area (Å²) < 4.78 is 5.67. The molecule has 3 fully saturated rings. The van der Waals surface area contributed by atoms with Gasteiger partial charge in [-0.05, 0) is 91.3 Å². The Balaban J connectivity index is 1.54. The molecule has 0 N–H and O–H groups in total. The van der Waals surface area contributed by atoms with E-state index < -0.39 is 0 Å². The molecular formula is C30H49ClO2. The summed E-state index contributed by atoms with van der Waals surface area (Å²) in [7, 11) is 0. The van der Waals surface area contributed by atoms with Crippen molar-refractivity contribution in [1.82, 2.24) is 0 Å². The van der Waals surface area contributed by atoms with Gasteiger partial charge in [-0.15, -0.1) is 11.6 Å². The predicted molar refractivity (Wildman–Crippen MR) is 138 cm³/mol. The Hall–Kier alpha value is -0.500. The van der Waals surface area contributed by atoms with Gasteiger partial charge in [0.2, 0.25) is 0 Å². The quantitative estimate of drug-likeness (QED) is 0.209.